The van der Waals surface area contributed by atoms with Crippen LogP contribution < -0.4 is 0 Å². The Bertz CT molecular complexity index is 372. The zero-order valence-electron chi connectivity index (χ0n) is 12.2. The highest BCUT2D eigenvalue weighted by molar-refractivity contribution is 5.85. The van der Waals surface area contributed by atoms with E-state index in [1.54, 1.807) is 0 Å². The molecule has 0 aromatic heterocycles. The normalized spacial score (nSPS) is 31.7. The Balaban J connectivity index is 2.00. The van der Waals surface area contributed by atoms with Crippen LogP contribution in [-0.2, 0) is 9.59 Å². The first-order valence-corrected chi connectivity index (χ1v) is 7.32. The molecule has 3 atom stereocenters. The van der Waals surface area contributed by atoms with Crippen molar-refractivity contribution in [1.29, 1.82) is 0 Å². The predicted octanol–water partition coefficient (Wildman–Crippen LogP) is 2.38. The Morgan fingerprint density at radius 2 is 1.74 bits per heavy atom. The van der Waals surface area contributed by atoms with Crippen LogP contribution in [0.3, 0.4) is 0 Å². The van der Waals surface area contributed by atoms with Gasteiger partial charge in [-0.15, -0.1) is 0 Å². The fourth-order valence-corrected chi connectivity index (χ4v) is 3.45. The molecular formula is C15H25NO3. The van der Waals surface area contributed by atoms with Crippen molar-refractivity contribution >= 4 is 11.9 Å². The first-order valence-electron chi connectivity index (χ1n) is 7.32. The van der Waals surface area contributed by atoms with Crippen molar-refractivity contribution in [3.05, 3.63) is 0 Å². The minimum atomic E-state index is -0.803. The summed E-state index contributed by atoms with van der Waals surface area (Å²) in [6, 6.07) is 0. The highest BCUT2D eigenvalue weighted by Crippen LogP contribution is 2.37. The summed E-state index contributed by atoms with van der Waals surface area (Å²) in [6.45, 7) is 8.22. The van der Waals surface area contributed by atoms with Crippen LogP contribution in [0.15, 0.2) is 0 Å². The third-order valence-electron chi connectivity index (χ3n) is 4.88. The van der Waals surface area contributed by atoms with Crippen LogP contribution in [0.2, 0.25) is 0 Å². The van der Waals surface area contributed by atoms with Crippen LogP contribution in [-0.4, -0.2) is 35.0 Å². The molecule has 108 valence electrons. The van der Waals surface area contributed by atoms with E-state index in [0.717, 1.165) is 32.4 Å². The summed E-state index contributed by atoms with van der Waals surface area (Å²) in [4.78, 5) is 25.6. The maximum atomic E-state index is 12.5. The van der Waals surface area contributed by atoms with Crippen molar-refractivity contribution < 1.29 is 14.7 Å². The van der Waals surface area contributed by atoms with Crippen LogP contribution in [0.1, 0.15) is 46.5 Å². The number of hydrogen-bond acceptors (Lipinski definition) is 2. The lowest BCUT2D eigenvalue weighted by Crippen LogP contribution is -2.38. The second-order valence-electron chi connectivity index (χ2n) is 7.12. The molecular weight excluding hydrogens is 242 g/mol. The van der Waals surface area contributed by atoms with Gasteiger partial charge in [0.05, 0.1) is 11.8 Å². The quantitative estimate of drug-likeness (QED) is 0.835. The van der Waals surface area contributed by atoms with Gasteiger partial charge in [-0.3, -0.25) is 9.59 Å². The molecule has 1 heterocycles. The standard InChI is InChI=1S/C15H25NO3/c1-15(2,3)10-7-8-16(9-10)13(17)11-5-4-6-12(11)14(18)19/h10-12H,4-9H2,1-3H3,(H,18,19). The number of hydrogen-bond donors (Lipinski definition) is 1. The topological polar surface area (TPSA) is 57.6 Å². The summed E-state index contributed by atoms with van der Waals surface area (Å²) in [5, 5.41) is 9.19. The summed E-state index contributed by atoms with van der Waals surface area (Å²) in [7, 11) is 0. The molecule has 1 saturated carbocycles. The van der Waals surface area contributed by atoms with Gasteiger partial charge >= 0.3 is 5.97 Å². The highest BCUT2D eigenvalue weighted by Gasteiger charge is 2.42. The Morgan fingerprint density at radius 3 is 2.26 bits per heavy atom. The molecule has 19 heavy (non-hydrogen) atoms. The molecule has 1 N–H and O–H groups in total. The Kier molecular flexibility index (Phi) is 3.88. The summed E-state index contributed by atoms with van der Waals surface area (Å²) >= 11 is 0. The van der Waals surface area contributed by atoms with Crippen LogP contribution in [0.4, 0.5) is 0 Å². The zero-order chi connectivity index (χ0) is 14.2. The van der Waals surface area contributed by atoms with Gasteiger partial charge in [-0.2, -0.15) is 0 Å². The Labute approximate surface area is 115 Å². The van der Waals surface area contributed by atoms with E-state index in [1.807, 2.05) is 4.90 Å². The lowest BCUT2D eigenvalue weighted by molar-refractivity contribution is -0.148. The molecule has 1 aliphatic carbocycles. The van der Waals surface area contributed by atoms with Crippen LogP contribution >= 0.6 is 0 Å². The first-order chi connectivity index (χ1) is 8.80. The fraction of sp³-hybridized carbons (Fsp3) is 0.867. The van der Waals surface area contributed by atoms with Gasteiger partial charge in [-0.25, -0.2) is 0 Å². The smallest absolute Gasteiger partial charge is 0.307 e. The molecule has 3 unspecified atom stereocenters. The van der Waals surface area contributed by atoms with Gasteiger partial charge in [-0.05, 0) is 30.6 Å². The third kappa shape index (κ3) is 2.93. The SMILES string of the molecule is CC(C)(C)C1CCN(C(=O)C2CCCC2C(=O)O)C1. The van der Waals surface area contributed by atoms with Crippen molar-refractivity contribution in [2.75, 3.05) is 13.1 Å². The molecule has 1 amide bonds. The van der Waals surface area contributed by atoms with Crippen molar-refractivity contribution in [1.82, 2.24) is 4.90 Å². The number of rotatable bonds is 2. The molecule has 2 aliphatic rings. The van der Waals surface area contributed by atoms with Crippen molar-refractivity contribution in [3.8, 4) is 0 Å². The number of aliphatic carboxylic acids is 1. The predicted molar refractivity (Wildman–Crippen MR) is 72.6 cm³/mol. The van der Waals surface area contributed by atoms with Crippen LogP contribution in [0, 0.1) is 23.2 Å². The lowest BCUT2D eigenvalue weighted by Gasteiger charge is -2.28. The summed E-state index contributed by atoms with van der Waals surface area (Å²) in [5.74, 6) is -0.933. The van der Waals surface area contributed by atoms with E-state index in [1.165, 1.54) is 0 Å². The number of carbonyl (C=O) groups excluding carboxylic acids is 1. The van der Waals surface area contributed by atoms with E-state index >= 15 is 0 Å². The van der Waals surface area contributed by atoms with E-state index in [4.69, 9.17) is 0 Å². The molecule has 4 nitrogen and oxygen atoms in total. The molecule has 1 saturated heterocycles. The summed E-state index contributed by atoms with van der Waals surface area (Å²) in [6.07, 6.45) is 3.30. The number of amides is 1. The maximum Gasteiger partial charge on any atom is 0.307 e. The molecule has 4 heteroatoms. The van der Waals surface area contributed by atoms with Gasteiger partial charge in [-0.1, -0.05) is 27.2 Å². The van der Waals surface area contributed by atoms with Gasteiger partial charge in [0.2, 0.25) is 5.91 Å². The van der Waals surface area contributed by atoms with E-state index < -0.39 is 11.9 Å². The molecule has 0 spiro atoms. The fourth-order valence-electron chi connectivity index (χ4n) is 3.45. The minimum absolute atomic E-state index is 0.0802. The van der Waals surface area contributed by atoms with Gasteiger partial charge < -0.3 is 10.0 Å². The second-order valence-corrected chi connectivity index (χ2v) is 7.12. The second kappa shape index (κ2) is 5.14. The van der Waals surface area contributed by atoms with Gasteiger partial charge in [0.1, 0.15) is 0 Å². The number of carboxylic acid groups (broad SMARTS) is 1. The molecule has 0 radical (unpaired) electrons. The Morgan fingerprint density at radius 1 is 1.11 bits per heavy atom. The number of carboxylic acids is 1. The summed E-state index contributed by atoms with van der Waals surface area (Å²) < 4.78 is 0. The van der Waals surface area contributed by atoms with Gasteiger partial charge in [0.15, 0.2) is 0 Å². The molecule has 0 aromatic rings. The molecule has 1 aliphatic heterocycles. The van der Waals surface area contributed by atoms with Gasteiger partial charge in [0.25, 0.3) is 0 Å². The van der Waals surface area contributed by atoms with E-state index in [2.05, 4.69) is 20.8 Å². The van der Waals surface area contributed by atoms with Gasteiger partial charge in [0, 0.05) is 13.1 Å². The van der Waals surface area contributed by atoms with E-state index in [9.17, 15) is 14.7 Å². The van der Waals surface area contributed by atoms with Crippen LogP contribution in [0.5, 0.6) is 0 Å². The van der Waals surface area contributed by atoms with Crippen molar-refractivity contribution in [3.63, 3.8) is 0 Å². The van der Waals surface area contributed by atoms with E-state index in [0.29, 0.717) is 12.3 Å². The zero-order valence-corrected chi connectivity index (χ0v) is 12.2. The lowest BCUT2D eigenvalue weighted by atomic mass is 9.80. The largest absolute Gasteiger partial charge is 0.481 e. The molecule has 2 rings (SSSR count). The monoisotopic (exact) mass is 267 g/mol. The maximum absolute atomic E-state index is 12.5. The highest BCUT2D eigenvalue weighted by atomic mass is 16.4. The molecule has 0 aromatic carbocycles. The summed E-state index contributed by atoms with van der Waals surface area (Å²) in [5.41, 5.74) is 0.219. The molecule has 2 fully saturated rings. The number of carbonyl (C=O) groups is 2. The number of likely N-dealkylation sites (tertiary alicyclic amines) is 1. The number of nitrogens with zero attached hydrogens (tertiary/aromatic N) is 1. The van der Waals surface area contributed by atoms with Crippen molar-refractivity contribution in [2.45, 2.75) is 46.5 Å². The van der Waals surface area contributed by atoms with Crippen molar-refractivity contribution in [2.24, 2.45) is 23.2 Å². The first kappa shape index (κ1) is 14.4. The molecule has 0 bridgehead atoms. The average molecular weight is 267 g/mol. The van der Waals surface area contributed by atoms with Crippen LogP contribution in [0.25, 0.3) is 0 Å². The average Bonchev–Trinajstić information content (AvgIpc) is 2.96. The third-order valence-corrected chi connectivity index (χ3v) is 4.88. The Hall–Kier alpha value is -1.06. The minimum Gasteiger partial charge on any atom is -0.481 e. The van der Waals surface area contributed by atoms with E-state index in [-0.39, 0.29) is 17.2 Å².